The lowest BCUT2D eigenvalue weighted by molar-refractivity contribution is 0.0969. The maximum atomic E-state index is 12.0. The fraction of sp³-hybridized carbons (Fsp3) is 0. The number of carbonyl (C=O) groups excluding carboxylic acids is 2. The molecule has 0 aliphatic heterocycles. The minimum atomic E-state index is -0.377. The molecule has 216 valence electrons. The Balaban J connectivity index is 0.000000230. The van der Waals surface area contributed by atoms with Crippen LogP contribution >= 0.6 is 94.0 Å². The highest BCUT2D eigenvalue weighted by Crippen LogP contribution is 2.30. The Morgan fingerprint density at radius 3 is 1.12 bits per heavy atom. The van der Waals surface area contributed by atoms with Crippen LogP contribution in [0.15, 0.2) is 84.9 Å². The lowest BCUT2D eigenvalue weighted by atomic mass is 10.2. The van der Waals surface area contributed by atoms with Gasteiger partial charge in [0, 0.05) is 21.2 Å². The number of anilines is 2. The first-order chi connectivity index (χ1) is 19.9. The Labute approximate surface area is 282 Å². The second kappa shape index (κ2) is 16.3. The number of carbonyl (C=O) groups is 2. The monoisotopic (exact) mass is 716 g/mol. The smallest absolute Gasteiger partial charge is 0.257 e. The van der Waals surface area contributed by atoms with Crippen LogP contribution in [-0.2, 0) is 0 Å². The summed E-state index contributed by atoms with van der Waals surface area (Å²) in [4.78, 5) is 24.0. The van der Waals surface area contributed by atoms with Crippen molar-refractivity contribution < 1.29 is 9.59 Å². The van der Waals surface area contributed by atoms with Gasteiger partial charge in [0.1, 0.15) is 0 Å². The van der Waals surface area contributed by atoms with Crippen molar-refractivity contribution in [3.8, 4) is 0 Å². The molecule has 0 radical (unpaired) electrons. The summed E-state index contributed by atoms with van der Waals surface area (Å²) in [6.45, 7) is 0. The Morgan fingerprint density at radius 2 is 0.810 bits per heavy atom. The van der Waals surface area contributed by atoms with Gasteiger partial charge in [-0.1, -0.05) is 93.9 Å². The predicted octanol–water partition coefficient (Wildman–Crippen LogP) is 9.55. The highest BCUT2D eigenvalue weighted by molar-refractivity contribution is 7.80. The molecule has 0 spiro atoms. The highest BCUT2D eigenvalue weighted by atomic mass is 35.5. The summed E-state index contributed by atoms with van der Waals surface area (Å²) >= 11 is 45.9. The van der Waals surface area contributed by atoms with Crippen molar-refractivity contribution >= 4 is 127 Å². The van der Waals surface area contributed by atoms with Gasteiger partial charge < -0.3 is 10.6 Å². The third kappa shape index (κ3) is 10.3. The minimum Gasteiger partial charge on any atom is -0.330 e. The number of thiocarbonyl (C=S) groups is 2. The zero-order chi connectivity index (χ0) is 30.8. The average Bonchev–Trinajstić information content (AvgIpc) is 2.93. The van der Waals surface area contributed by atoms with E-state index in [4.69, 9.17) is 94.0 Å². The Kier molecular flexibility index (Phi) is 13.1. The molecule has 14 heteroatoms. The molecule has 4 aromatic rings. The average molecular weight is 719 g/mol. The first kappa shape index (κ1) is 33.8. The van der Waals surface area contributed by atoms with E-state index >= 15 is 0 Å². The van der Waals surface area contributed by atoms with E-state index in [1.54, 1.807) is 84.9 Å². The van der Waals surface area contributed by atoms with Crippen LogP contribution in [0.4, 0.5) is 11.4 Å². The number of halogens is 6. The van der Waals surface area contributed by atoms with E-state index in [0.717, 1.165) is 0 Å². The van der Waals surface area contributed by atoms with Crippen molar-refractivity contribution in [3.63, 3.8) is 0 Å². The zero-order valence-electron chi connectivity index (χ0n) is 21.0. The van der Waals surface area contributed by atoms with Crippen molar-refractivity contribution in [1.29, 1.82) is 0 Å². The highest BCUT2D eigenvalue weighted by Gasteiger charge is 2.13. The molecular weight excluding hydrogens is 701 g/mol. The van der Waals surface area contributed by atoms with Gasteiger partial charge in [0.25, 0.3) is 11.8 Å². The Morgan fingerprint density at radius 1 is 0.500 bits per heavy atom. The maximum absolute atomic E-state index is 12.0. The summed E-state index contributed by atoms with van der Waals surface area (Å²) in [6, 6.07) is 23.1. The lowest BCUT2D eigenvalue weighted by Crippen LogP contribution is -2.34. The molecule has 0 atom stereocenters. The molecule has 0 unspecified atom stereocenters. The van der Waals surface area contributed by atoms with E-state index in [0.29, 0.717) is 52.6 Å². The number of nitrogens with one attached hydrogen (secondary N) is 4. The van der Waals surface area contributed by atoms with Crippen molar-refractivity contribution in [1.82, 2.24) is 10.6 Å². The van der Waals surface area contributed by atoms with Crippen LogP contribution in [0.5, 0.6) is 0 Å². The van der Waals surface area contributed by atoms with E-state index in [9.17, 15) is 9.59 Å². The van der Waals surface area contributed by atoms with Gasteiger partial charge in [-0.2, -0.15) is 0 Å². The molecule has 4 N–H and O–H groups in total. The van der Waals surface area contributed by atoms with Crippen LogP contribution in [0.25, 0.3) is 0 Å². The van der Waals surface area contributed by atoms with Gasteiger partial charge in [-0.15, -0.1) is 0 Å². The van der Waals surface area contributed by atoms with Crippen LogP contribution < -0.4 is 21.3 Å². The lowest BCUT2D eigenvalue weighted by Gasteiger charge is -2.12. The standard InChI is InChI=1S/2C14H9Cl3N2OS/c2*15-9-4-1-3-8(7-9)13(20)19-14(21)18-12-10(16)5-2-6-11(12)17/h2*1-7H,(H2,18,19,20,21). The number of hydrogen-bond donors (Lipinski definition) is 4. The summed E-state index contributed by atoms with van der Waals surface area (Å²) in [6.07, 6.45) is 0. The number of rotatable bonds is 4. The molecule has 42 heavy (non-hydrogen) atoms. The molecule has 0 saturated carbocycles. The first-order valence-corrected chi connectivity index (χ1v) is 14.7. The molecule has 0 aliphatic rings. The number of benzene rings is 4. The largest absolute Gasteiger partial charge is 0.330 e. The van der Waals surface area contributed by atoms with Crippen molar-refractivity contribution in [2.45, 2.75) is 0 Å². The summed E-state index contributed by atoms with van der Waals surface area (Å²) in [7, 11) is 0. The molecule has 0 heterocycles. The van der Waals surface area contributed by atoms with Gasteiger partial charge in [0.2, 0.25) is 0 Å². The maximum Gasteiger partial charge on any atom is 0.257 e. The fourth-order valence-corrected chi connectivity index (χ4v) is 4.89. The number of amides is 2. The third-order valence-corrected chi connectivity index (χ3v) is 7.17. The molecule has 0 aromatic heterocycles. The van der Waals surface area contributed by atoms with E-state index in [1.165, 1.54) is 0 Å². The summed E-state index contributed by atoms with van der Waals surface area (Å²) in [5.74, 6) is -0.753. The number of hydrogen-bond acceptors (Lipinski definition) is 4. The SMILES string of the molecule is O=C(NC(=S)Nc1c(Cl)cccc1Cl)c1cccc(Cl)c1.O=C(NC(=S)Nc1c(Cl)cccc1Cl)c1cccc(Cl)c1. The molecule has 0 saturated heterocycles. The normalized spacial score (nSPS) is 10.0. The van der Waals surface area contributed by atoms with E-state index in [2.05, 4.69) is 21.3 Å². The predicted molar refractivity (Wildman–Crippen MR) is 183 cm³/mol. The molecule has 0 fully saturated rings. The molecule has 0 bridgehead atoms. The fourth-order valence-electron chi connectivity index (χ4n) is 3.13. The topological polar surface area (TPSA) is 82.3 Å². The van der Waals surface area contributed by atoms with E-state index in [-0.39, 0.29) is 22.0 Å². The molecular formula is C28H18Cl6N4O2S2. The first-order valence-electron chi connectivity index (χ1n) is 11.6. The molecule has 6 nitrogen and oxygen atoms in total. The van der Waals surface area contributed by atoms with Gasteiger partial charge in [0.05, 0.1) is 31.5 Å². The van der Waals surface area contributed by atoms with Crippen molar-refractivity contribution in [2.24, 2.45) is 0 Å². The van der Waals surface area contributed by atoms with Gasteiger partial charge >= 0.3 is 0 Å². The second-order valence-corrected chi connectivity index (χ2v) is 11.3. The zero-order valence-corrected chi connectivity index (χ0v) is 27.2. The van der Waals surface area contributed by atoms with Crippen molar-refractivity contribution in [2.75, 3.05) is 10.6 Å². The van der Waals surface area contributed by atoms with Gasteiger partial charge in [-0.25, -0.2) is 0 Å². The summed E-state index contributed by atoms with van der Waals surface area (Å²) in [5.41, 5.74) is 1.68. The molecule has 4 rings (SSSR count). The summed E-state index contributed by atoms with van der Waals surface area (Å²) < 4.78 is 0. The second-order valence-electron chi connectivity index (χ2n) is 8.03. The van der Waals surface area contributed by atoms with Crippen molar-refractivity contribution in [3.05, 3.63) is 126 Å². The van der Waals surface area contributed by atoms with Crippen LogP contribution in [0.2, 0.25) is 30.1 Å². The van der Waals surface area contributed by atoms with Gasteiger partial charge in [-0.3, -0.25) is 20.2 Å². The summed E-state index contributed by atoms with van der Waals surface area (Å²) in [5, 5.41) is 13.4. The van der Waals surface area contributed by atoms with Crippen LogP contribution in [0, 0.1) is 0 Å². The minimum absolute atomic E-state index is 0.0926. The molecule has 4 aromatic carbocycles. The molecule has 2 amide bonds. The van der Waals surface area contributed by atoms with Crippen LogP contribution in [0.1, 0.15) is 20.7 Å². The third-order valence-electron chi connectivity index (χ3n) is 5.03. The van der Waals surface area contributed by atoms with E-state index in [1.807, 2.05) is 0 Å². The quantitative estimate of drug-likeness (QED) is 0.158. The van der Waals surface area contributed by atoms with Gasteiger partial charge in [-0.05, 0) is 85.1 Å². The number of para-hydroxylation sites is 2. The Bertz CT molecular complexity index is 1490. The molecule has 0 aliphatic carbocycles. The Hall–Kier alpha value is -2.66. The van der Waals surface area contributed by atoms with Crippen LogP contribution in [0.3, 0.4) is 0 Å². The van der Waals surface area contributed by atoms with Crippen LogP contribution in [-0.4, -0.2) is 22.0 Å². The van der Waals surface area contributed by atoms with Gasteiger partial charge in [0.15, 0.2) is 10.2 Å². The van der Waals surface area contributed by atoms with E-state index < -0.39 is 0 Å².